The first-order valence-corrected chi connectivity index (χ1v) is 5.13. The number of unbranched alkanes of at least 4 members (excludes halogenated alkanes) is 2. The van der Waals surface area contributed by atoms with Crippen LogP contribution in [0.3, 0.4) is 0 Å². The molecule has 12 heavy (non-hydrogen) atoms. The van der Waals surface area contributed by atoms with E-state index in [2.05, 4.69) is 6.92 Å². The molecule has 1 unspecified atom stereocenters. The molecule has 0 saturated heterocycles. The average Bonchev–Trinajstić information content (AvgIpc) is 1.99. The Kier molecular flexibility index (Phi) is 16.2. The number of hydrogen-bond donors (Lipinski definition) is 0. The molecule has 0 aromatic rings. The number of hydrogen-bond acceptors (Lipinski definition) is 3. The quantitative estimate of drug-likeness (QED) is 0.296. The molecule has 0 aromatic heterocycles. The molecule has 0 aliphatic rings. The van der Waals surface area contributed by atoms with Gasteiger partial charge in [-0.3, -0.25) is 0 Å². The summed E-state index contributed by atoms with van der Waals surface area (Å²) in [5.74, 6) is 0. The SMILES string of the molecule is CCCCCOP([O-])OCC.[Na+]. The van der Waals surface area contributed by atoms with Crippen molar-refractivity contribution in [3.05, 3.63) is 0 Å². The molecular weight excluding hydrogens is 186 g/mol. The molecular formula is C7H16NaO3P. The van der Waals surface area contributed by atoms with Gasteiger partial charge in [0.05, 0.1) is 15.2 Å². The van der Waals surface area contributed by atoms with E-state index in [9.17, 15) is 4.89 Å². The molecule has 0 heterocycles. The molecule has 0 aliphatic carbocycles. The Morgan fingerprint density at radius 1 is 1.17 bits per heavy atom. The molecule has 0 N–H and O–H groups in total. The van der Waals surface area contributed by atoms with Crippen LogP contribution in [0.25, 0.3) is 0 Å². The van der Waals surface area contributed by atoms with Gasteiger partial charge < -0.3 is 13.9 Å². The summed E-state index contributed by atoms with van der Waals surface area (Å²) in [5.41, 5.74) is 0. The van der Waals surface area contributed by atoms with Crippen LogP contribution in [0.5, 0.6) is 0 Å². The Balaban J connectivity index is 0. The molecule has 3 nitrogen and oxygen atoms in total. The van der Waals surface area contributed by atoms with Crippen LogP contribution in [0.4, 0.5) is 0 Å². The third-order valence-electron chi connectivity index (χ3n) is 1.18. The Bertz CT molecular complexity index is 85.1. The molecule has 68 valence electrons. The molecule has 0 saturated carbocycles. The van der Waals surface area contributed by atoms with E-state index in [0.29, 0.717) is 13.2 Å². The summed E-state index contributed by atoms with van der Waals surface area (Å²) < 4.78 is 9.58. The molecule has 1 atom stereocenters. The molecule has 0 spiro atoms. The summed E-state index contributed by atoms with van der Waals surface area (Å²) in [6.45, 7) is 4.90. The van der Waals surface area contributed by atoms with Gasteiger partial charge in [-0.15, -0.1) is 0 Å². The maximum Gasteiger partial charge on any atom is 1.00 e. The van der Waals surface area contributed by atoms with Gasteiger partial charge in [0.1, 0.15) is 0 Å². The van der Waals surface area contributed by atoms with Crippen molar-refractivity contribution in [3.63, 3.8) is 0 Å². The van der Waals surface area contributed by atoms with Crippen LogP contribution in [-0.2, 0) is 9.05 Å². The Labute approximate surface area is 98.1 Å². The molecule has 0 bridgehead atoms. The fourth-order valence-corrected chi connectivity index (χ4v) is 1.20. The van der Waals surface area contributed by atoms with E-state index in [1.165, 1.54) is 0 Å². The maximum atomic E-state index is 10.7. The minimum atomic E-state index is -1.85. The van der Waals surface area contributed by atoms with E-state index in [1.54, 1.807) is 6.92 Å². The van der Waals surface area contributed by atoms with Gasteiger partial charge in [0.15, 0.2) is 0 Å². The van der Waals surface area contributed by atoms with E-state index in [4.69, 9.17) is 9.05 Å². The molecule has 0 aliphatic heterocycles. The molecule has 0 fully saturated rings. The zero-order valence-electron chi connectivity index (χ0n) is 8.21. The maximum absolute atomic E-state index is 10.7. The molecule has 0 amide bonds. The zero-order valence-corrected chi connectivity index (χ0v) is 11.1. The van der Waals surface area contributed by atoms with Gasteiger partial charge in [-0.05, 0) is 13.3 Å². The number of rotatable bonds is 7. The van der Waals surface area contributed by atoms with Crippen molar-refractivity contribution < 1.29 is 43.5 Å². The van der Waals surface area contributed by atoms with Gasteiger partial charge in [0.2, 0.25) is 0 Å². The fourth-order valence-electron chi connectivity index (χ4n) is 0.634. The van der Waals surface area contributed by atoms with Crippen LogP contribution in [0, 0.1) is 0 Å². The second-order valence-electron chi connectivity index (χ2n) is 2.18. The molecule has 0 rings (SSSR count). The summed E-state index contributed by atoms with van der Waals surface area (Å²) in [4.78, 5) is 10.7. The van der Waals surface area contributed by atoms with Crippen molar-refractivity contribution in [1.29, 1.82) is 0 Å². The van der Waals surface area contributed by atoms with Crippen LogP contribution >= 0.6 is 8.60 Å². The monoisotopic (exact) mass is 202 g/mol. The van der Waals surface area contributed by atoms with Crippen molar-refractivity contribution in [2.75, 3.05) is 13.2 Å². The van der Waals surface area contributed by atoms with Gasteiger partial charge in [-0.25, -0.2) is 0 Å². The predicted molar refractivity (Wildman–Crippen MR) is 44.0 cm³/mol. The average molecular weight is 202 g/mol. The first kappa shape index (κ1) is 15.8. The van der Waals surface area contributed by atoms with Crippen LogP contribution in [0.2, 0.25) is 0 Å². The minimum absolute atomic E-state index is 0. The smallest absolute Gasteiger partial charge is 0.786 e. The van der Waals surface area contributed by atoms with Crippen LogP contribution in [-0.4, -0.2) is 13.2 Å². The van der Waals surface area contributed by atoms with Crippen molar-refractivity contribution in [1.82, 2.24) is 0 Å². The zero-order chi connectivity index (χ0) is 8.53. The van der Waals surface area contributed by atoms with Crippen molar-refractivity contribution >= 4 is 8.60 Å². The van der Waals surface area contributed by atoms with E-state index >= 15 is 0 Å². The topological polar surface area (TPSA) is 41.5 Å². The van der Waals surface area contributed by atoms with E-state index in [-0.39, 0.29) is 29.6 Å². The standard InChI is InChI=1S/C7H16O3P.Na/c1-3-5-6-7-10-11(8)9-4-2;/h3-7H2,1-2H3;/q-1;+1. The second kappa shape index (κ2) is 12.3. The van der Waals surface area contributed by atoms with Crippen LogP contribution < -0.4 is 34.5 Å². The third-order valence-corrected chi connectivity index (χ3v) is 2.04. The third kappa shape index (κ3) is 11.3. The first-order chi connectivity index (χ1) is 5.31. The largest absolute Gasteiger partial charge is 1.00 e. The van der Waals surface area contributed by atoms with Gasteiger partial charge in [-0.1, -0.05) is 19.8 Å². The van der Waals surface area contributed by atoms with Crippen molar-refractivity contribution in [2.24, 2.45) is 0 Å². The summed E-state index contributed by atoms with van der Waals surface area (Å²) in [6.07, 6.45) is 3.23. The Morgan fingerprint density at radius 3 is 2.33 bits per heavy atom. The summed E-state index contributed by atoms with van der Waals surface area (Å²) in [5, 5.41) is 0. The summed E-state index contributed by atoms with van der Waals surface area (Å²) in [6, 6.07) is 0. The van der Waals surface area contributed by atoms with Crippen molar-refractivity contribution in [3.8, 4) is 0 Å². The predicted octanol–water partition coefficient (Wildman–Crippen LogP) is -1.18. The van der Waals surface area contributed by atoms with Gasteiger partial charge in [0, 0.05) is 6.61 Å². The van der Waals surface area contributed by atoms with Gasteiger partial charge >= 0.3 is 29.6 Å². The van der Waals surface area contributed by atoms with E-state index in [0.717, 1.165) is 19.3 Å². The first-order valence-electron chi connectivity index (χ1n) is 4.04. The Morgan fingerprint density at radius 2 is 1.83 bits per heavy atom. The fraction of sp³-hybridized carbons (Fsp3) is 1.00. The van der Waals surface area contributed by atoms with E-state index in [1.807, 2.05) is 0 Å². The Hall–Kier alpha value is 1.31. The van der Waals surface area contributed by atoms with Gasteiger partial charge in [-0.2, -0.15) is 0 Å². The minimum Gasteiger partial charge on any atom is -0.786 e. The molecule has 5 heteroatoms. The second-order valence-corrected chi connectivity index (χ2v) is 3.15. The summed E-state index contributed by atoms with van der Waals surface area (Å²) >= 11 is 0. The molecule has 0 aromatic carbocycles. The summed E-state index contributed by atoms with van der Waals surface area (Å²) in [7, 11) is -1.85. The van der Waals surface area contributed by atoms with Crippen LogP contribution in [0.1, 0.15) is 33.1 Å². The van der Waals surface area contributed by atoms with Crippen molar-refractivity contribution in [2.45, 2.75) is 33.1 Å². The normalized spacial score (nSPS) is 12.2. The molecule has 0 radical (unpaired) electrons. The van der Waals surface area contributed by atoms with E-state index < -0.39 is 8.60 Å². The van der Waals surface area contributed by atoms with Crippen LogP contribution in [0.15, 0.2) is 0 Å². The van der Waals surface area contributed by atoms with Gasteiger partial charge in [0.25, 0.3) is 0 Å².